The van der Waals surface area contributed by atoms with Gasteiger partial charge in [-0.15, -0.1) is 5.10 Å². The normalized spacial score (nSPS) is 19.8. The molecule has 0 aromatic carbocycles. The van der Waals surface area contributed by atoms with Crippen molar-refractivity contribution in [3.05, 3.63) is 48.0 Å². The number of aliphatic imine (C=N–C) groups is 1. The molecular formula is C32H39N9O6. The lowest BCUT2D eigenvalue weighted by Gasteiger charge is -2.27. The number of Topliss-reactive ketones (excluding diaryl/α,β-unsaturated/α-hetero) is 1. The zero-order chi connectivity index (χ0) is 33.9. The van der Waals surface area contributed by atoms with E-state index in [0.29, 0.717) is 11.3 Å². The molecule has 2 aliphatic rings. The van der Waals surface area contributed by atoms with Crippen LogP contribution in [0.2, 0.25) is 0 Å². The molecule has 1 aliphatic carbocycles. The number of hydrogen-bond donors (Lipinski definition) is 3. The number of primary amides is 1. The number of nitrogens with zero attached hydrogens (tertiary/aromatic N) is 7. The Morgan fingerprint density at radius 1 is 1.13 bits per heavy atom. The van der Waals surface area contributed by atoms with E-state index in [1.165, 1.54) is 28.8 Å². The second kappa shape index (κ2) is 13.8. The number of rotatable bonds is 10. The first-order chi connectivity index (χ1) is 22.3. The number of pyridine rings is 2. The number of ketones is 1. The van der Waals surface area contributed by atoms with Crippen molar-refractivity contribution in [2.45, 2.75) is 89.4 Å². The van der Waals surface area contributed by atoms with Crippen LogP contribution in [-0.4, -0.2) is 88.7 Å². The maximum absolute atomic E-state index is 14.4. The minimum Gasteiger partial charge on any atom is -0.384 e. The number of hydrogen-bond acceptors (Lipinski definition) is 10. The first-order valence-electron chi connectivity index (χ1n) is 15.7. The van der Waals surface area contributed by atoms with E-state index in [4.69, 9.17) is 5.73 Å². The van der Waals surface area contributed by atoms with Gasteiger partial charge in [0.15, 0.2) is 5.65 Å². The lowest BCUT2D eigenvalue weighted by molar-refractivity contribution is -0.139. The fraction of sp³-hybridized carbons (Fsp3) is 0.500. The summed E-state index contributed by atoms with van der Waals surface area (Å²) >= 11 is 0. The summed E-state index contributed by atoms with van der Waals surface area (Å²) in [4.78, 5) is 79.5. The molecule has 15 nitrogen and oxygen atoms in total. The van der Waals surface area contributed by atoms with Crippen LogP contribution >= 0.6 is 0 Å². The first kappa shape index (κ1) is 33.4. The number of nitrogens with two attached hydrogens (primary N) is 1. The van der Waals surface area contributed by atoms with Crippen molar-refractivity contribution < 1.29 is 29.1 Å². The standard InChI is InChI=1S/C32H39N9O6/c1-18(26(42)27(33)43)36-30(45)24-15-21(41-25(16-35-39-41)32(2,3)47)17-40(24)31(46)23(14-19-8-5-4-6-9-19)38-29(44)22-12-11-20-10-7-13-34-28(20)37-22/h7,10-13,16,18-19,21,24,47H,4-6,8-9,14-15,17H2,1-3H3,(H2,33,43)(H,36,45)/t18?,21-,24-/m0/s1. The van der Waals surface area contributed by atoms with Gasteiger partial charge in [0.2, 0.25) is 11.7 Å². The van der Waals surface area contributed by atoms with E-state index in [0.717, 1.165) is 37.5 Å². The van der Waals surface area contributed by atoms with Gasteiger partial charge in [-0.25, -0.2) is 19.6 Å². The smallest absolute Gasteiger partial charge is 0.296 e. The van der Waals surface area contributed by atoms with Crippen molar-refractivity contribution in [3.8, 4) is 0 Å². The van der Waals surface area contributed by atoms with Gasteiger partial charge in [0.05, 0.1) is 24.0 Å². The van der Waals surface area contributed by atoms with Crippen molar-refractivity contribution >= 4 is 46.2 Å². The minimum absolute atomic E-state index is 0.00849. The topological polar surface area (TPSA) is 216 Å². The molecule has 5 rings (SSSR count). The van der Waals surface area contributed by atoms with Gasteiger partial charge in [0.1, 0.15) is 23.0 Å². The highest BCUT2D eigenvalue weighted by molar-refractivity contribution is 6.41. The maximum atomic E-state index is 14.4. The summed E-state index contributed by atoms with van der Waals surface area (Å²) in [6.45, 7) is 4.43. The molecule has 1 saturated heterocycles. The van der Waals surface area contributed by atoms with Crippen molar-refractivity contribution in [2.75, 3.05) is 6.54 Å². The average Bonchev–Trinajstić information content (AvgIpc) is 3.72. The van der Waals surface area contributed by atoms with Gasteiger partial charge >= 0.3 is 0 Å². The molecule has 15 heteroatoms. The van der Waals surface area contributed by atoms with Crippen LogP contribution in [0, 0.1) is 5.92 Å². The van der Waals surface area contributed by atoms with Crippen LogP contribution in [0.5, 0.6) is 0 Å². The molecule has 3 aromatic rings. The SMILES string of the molecule is CC(NC(=O)[C@@H]1C[C@H](n2nncc2C(C)(C)O)CN1C(=O)C(CC1CCCCC1)=NC(=O)c1ccc2cccnc2n1)C(=O)C(N)=O. The summed E-state index contributed by atoms with van der Waals surface area (Å²) in [5.74, 6) is -4.11. The molecule has 2 fully saturated rings. The van der Waals surface area contributed by atoms with E-state index in [-0.39, 0.29) is 36.7 Å². The monoisotopic (exact) mass is 645 g/mol. The predicted octanol–water partition coefficient (Wildman–Crippen LogP) is 1.40. The Bertz CT molecular complexity index is 1720. The lowest BCUT2D eigenvalue weighted by atomic mass is 9.85. The Morgan fingerprint density at radius 3 is 2.57 bits per heavy atom. The fourth-order valence-electron chi connectivity index (χ4n) is 6.27. The van der Waals surface area contributed by atoms with Gasteiger partial charge in [-0.3, -0.25) is 24.0 Å². The van der Waals surface area contributed by atoms with Crippen LogP contribution in [0.3, 0.4) is 0 Å². The van der Waals surface area contributed by atoms with E-state index in [1.807, 2.05) is 6.07 Å². The van der Waals surface area contributed by atoms with E-state index < -0.39 is 53.1 Å². The Morgan fingerprint density at radius 2 is 1.87 bits per heavy atom. The third kappa shape index (κ3) is 7.56. The Kier molecular flexibility index (Phi) is 9.84. The molecule has 4 amide bonds. The number of aromatic nitrogens is 5. The highest BCUT2D eigenvalue weighted by Crippen LogP contribution is 2.33. The summed E-state index contributed by atoms with van der Waals surface area (Å²) in [5.41, 5.74) is 4.55. The zero-order valence-electron chi connectivity index (χ0n) is 26.6. The minimum atomic E-state index is -1.33. The molecule has 0 bridgehead atoms. The van der Waals surface area contributed by atoms with Crippen molar-refractivity contribution in [1.82, 2.24) is 35.2 Å². The number of aliphatic hydroxyl groups is 1. The van der Waals surface area contributed by atoms with Gasteiger partial charge in [0, 0.05) is 24.5 Å². The highest BCUT2D eigenvalue weighted by atomic mass is 16.3. The molecule has 248 valence electrons. The van der Waals surface area contributed by atoms with Crippen molar-refractivity contribution in [2.24, 2.45) is 16.6 Å². The molecule has 1 aliphatic heterocycles. The van der Waals surface area contributed by atoms with E-state index in [9.17, 15) is 29.1 Å². The summed E-state index contributed by atoms with van der Waals surface area (Å²) in [6.07, 6.45) is 8.05. The van der Waals surface area contributed by atoms with Gasteiger partial charge in [0.25, 0.3) is 17.7 Å². The largest absolute Gasteiger partial charge is 0.384 e. The molecule has 4 N–H and O–H groups in total. The molecule has 0 radical (unpaired) electrons. The number of nitrogens with one attached hydrogen (secondary N) is 1. The van der Waals surface area contributed by atoms with Gasteiger partial charge in [-0.05, 0) is 57.4 Å². The van der Waals surface area contributed by atoms with Crippen LogP contribution in [0.15, 0.2) is 41.7 Å². The second-order valence-electron chi connectivity index (χ2n) is 12.8. The molecule has 1 unspecified atom stereocenters. The van der Waals surface area contributed by atoms with E-state index in [1.54, 1.807) is 32.2 Å². The maximum Gasteiger partial charge on any atom is 0.296 e. The summed E-state index contributed by atoms with van der Waals surface area (Å²) in [7, 11) is 0. The number of fused-ring (bicyclic) bond motifs is 1. The number of amides is 4. The molecule has 1 saturated carbocycles. The predicted molar refractivity (Wildman–Crippen MR) is 169 cm³/mol. The van der Waals surface area contributed by atoms with Crippen LogP contribution in [0.1, 0.15) is 87.9 Å². The number of carbonyl (C=O) groups is 5. The summed E-state index contributed by atoms with van der Waals surface area (Å²) in [6, 6.07) is 3.84. The highest BCUT2D eigenvalue weighted by Gasteiger charge is 2.44. The quantitative estimate of drug-likeness (QED) is 0.213. The molecule has 47 heavy (non-hydrogen) atoms. The van der Waals surface area contributed by atoms with Gasteiger partial charge in [-0.1, -0.05) is 37.3 Å². The molecule has 3 aromatic heterocycles. The molecule has 4 heterocycles. The van der Waals surface area contributed by atoms with Crippen LogP contribution in [-0.2, 0) is 24.8 Å². The zero-order valence-corrected chi connectivity index (χ0v) is 26.6. The van der Waals surface area contributed by atoms with E-state index in [2.05, 4.69) is 30.6 Å². The average molecular weight is 646 g/mol. The van der Waals surface area contributed by atoms with Crippen molar-refractivity contribution in [3.63, 3.8) is 0 Å². The van der Waals surface area contributed by atoms with Gasteiger partial charge in [-0.2, -0.15) is 0 Å². The fourth-order valence-corrected chi connectivity index (χ4v) is 6.27. The molecular weight excluding hydrogens is 606 g/mol. The third-order valence-corrected chi connectivity index (χ3v) is 8.76. The molecule has 3 atom stereocenters. The van der Waals surface area contributed by atoms with Crippen LogP contribution < -0.4 is 11.1 Å². The third-order valence-electron chi connectivity index (χ3n) is 8.76. The Hall–Kier alpha value is -4.92. The van der Waals surface area contributed by atoms with Gasteiger partial charge < -0.3 is 21.1 Å². The van der Waals surface area contributed by atoms with Crippen LogP contribution in [0.4, 0.5) is 0 Å². The number of likely N-dealkylation sites (tertiary alicyclic amines) is 1. The summed E-state index contributed by atoms with van der Waals surface area (Å²) < 4.78 is 1.47. The first-order valence-corrected chi connectivity index (χ1v) is 15.7. The van der Waals surface area contributed by atoms with Crippen LogP contribution in [0.25, 0.3) is 11.0 Å². The molecule has 0 spiro atoms. The van der Waals surface area contributed by atoms with E-state index >= 15 is 0 Å². The Balaban J connectivity index is 1.50. The van der Waals surface area contributed by atoms with Crippen molar-refractivity contribution in [1.29, 1.82) is 0 Å². The Labute approximate surface area is 271 Å². The summed E-state index contributed by atoms with van der Waals surface area (Å²) in [5, 5.41) is 22.1. The second-order valence-corrected chi connectivity index (χ2v) is 12.8. The lowest BCUT2D eigenvalue weighted by Crippen LogP contribution is -2.52. The number of carbonyl (C=O) groups excluding carboxylic acids is 5.